The Morgan fingerprint density at radius 3 is 2.41 bits per heavy atom. The van der Waals surface area contributed by atoms with Gasteiger partial charge in [-0.15, -0.1) is 0 Å². The van der Waals surface area contributed by atoms with E-state index in [-0.39, 0.29) is 22.1 Å². The fraction of sp³-hybridized carbons (Fsp3) is 0.348. The number of aliphatic hydroxyl groups is 1. The number of benzene rings is 2. The number of anilines is 2. The number of nitrogens with one attached hydrogen (secondary N) is 1. The Labute approximate surface area is 198 Å². The monoisotopic (exact) mass is 492 g/mol. The van der Waals surface area contributed by atoms with E-state index in [1.165, 1.54) is 36.2 Å². The molecule has 1 heterocycles. The van der Waals surface area contributed by atoms with E-state index in [0.29, 0.717) is 12.8 Å². The minimum atomic E-state index is -4.78. The van der Waals surface area contributed by atoms with Gasteiger partial charge in [-0.25, -0.2) is 4.39 Å². The number of alkyl halides is 3. The molecule has 2 aromatic rings. The van der Waals surface area contributed by atoms with Crippen molar-refractivity contribution in [3.05, 3.63) is 58.9 Å². The average Bonchev–Trinajstić information content (AvgIpc) is 3.36. The van der Waals surface area contributed by atoms with Gasteiger partial charge in [0.1, 0.15) is 5.82 Å². The van der Waals surface area contributed by atoms with Gasteiger partial charge in [-0.2, -0.15) is 18.4 Å². The predicted octanol–water partition coefficient (Wildman–Crippen LogP) is 4.32. The van der Waals surface area contributed by atoms with Gasteiger partial charge < -0.3 is 15.3 Å². The normalized spacial score (nSPS) is 19.6. The number of hydrogen-bond acceptors (Lipinski definition) is 4. The molecule has 0 bridgehead atoms. The van der Waals surface area contributed by atoms with Crippen LogP contribution in [0.3, 0.4) is 0 Å². The largest absolute Gasteiger partial charge is 0.417 e. The fourth-order valence-corrected chi connectivity index (χ4v) is 5.32. The number of halogens is 4. The van der Waals surface area contributed by atoms with Crippen molar-refractivity contribution < 1.29 is 27.5 Å². The van der Waals surface area contributed by atoms with Crippen LogP contribution in [0.25, 0.3) is 0 Å². The van der Waals surface area contributed by atoms with E-state index in [4.69, 9.17) is 17.5 Å². The molecule has 1 aliphatic heterocycles. The first-order valence-corrected chi connectivity index (χ1v) is 10.9. The molecule has 1 atom stereocenters. The standard InChI is InChI=1S/C23H20F4N4O2S/c1-29-19(32)16-7-6-15(11-18(16)24)31-21(34)30(20(33)22(31)8-2-3-9-22)14-5-4-13(12-28)17(10-14)23(25,26)27/h4-7,10-11,20,33H,2-3,8-9H2,1H3,(H,29,32)/t20-/m1/s1. The lowest BCUT2D eigenvalue weighted by Crippen LogP contribution is -2.50. The fourth-order valence-electron chi connectivity index (χ4n) is 4.82. The Kier molecular flexibility index (Phi) is 5.99. The molecule has 0 unspecified atom stereocenters. The van der Waals surface area contributed by atoms with Crippen molar-refractivity contribution in [3.63, 3.8) is 0 Å². The minimum absolute atomic E-state index is 0.000625. The van der Waals surface area contributed by atoms with E-state index in [0.717, 1.165) is 31.0 Å². The Morgan fingerprint density at radius 1 is 1.21 bits per heavy atom. The van der Waals surface area contributed by atoms with Gasteiger partial charge in [0.05, 0.1) is 28.3 Å². The van der Waals surface area contributed by atoms with Crippen molar-refractivity contribution >= 4 is 34.6 Å². The van der Waals surface area contributed by atoms with Gasteiger partial charge in [-0.05, 0) is 61.5 Å². The first kappa shape index (κ1) is 23.9. The molecular formula is C23H20F4N4O2S. The summed E-state index contributed by atoms with van der Waals surface area (Å²) in [5.74, 6) is -1.40. The van der Waals surface area contributed by atoms with Crippen LogP contribution in [0, 0.1) is 17.1 Å². The van der Waals surface area contributed by atoms with Crippen molar-refractivity contribution in [2.24, 2.45) is 0 Å². The van der Waals surface area contributed by atoms with Crippen molar-refractivity contribution in [3.8, 4) is 6.07 Å². The lowest BCUT2D eigenvalue weighted by molar-refractivity contribution is -0.137. The van der Waals surface area contributed by atoms with E-state index in [1.54, 1.807) is 4.90 Å². The molecule has 34 heavy (non-hydrogen) atoms. The maximum Gasteiger partial charge on any atom is 0.417 e. The van der Waals surface area contributed by atoms with Crippen LogP contribution in [0.4, 0.5) is 28.9 Å². The molecule has 4 rings (SSSR count). The Balaban J connectivity index is 1.82. The second-order valence-corrected chi connectivity index (χ2v) is 8.62. The maximum absolute atomic E-state index is 14.8. The zero-order chi connectivity index (χ0) is 24.8. The van der Waals surface area contributed by atoms with Gasteiger partial charge in [-0.1, -0.05) is 12.8 Å². The molecular weight excluding hydrogens is 472 g/mol. The molecule has 2 aliphatic rings. The molecule has 1 saturated carbocycles. The quantitative estimate of drug-likeness (QED) is 0.491. The molecule has 0 radical (unpaired) electrons. The van der Waals surface area contributed by atoms with Gasteiger partial charge in [-0.3, -0.25) is 9.69 Å². The molecule has 11 heteroatoms. The first-order valence-electron chi connectivity index (χ1n) is 10.5. The third-order valence-electron chi connectivity index (χ3n) is 6.43. The summed E-state index contributed by atoms with van der Waals surface area (Å²) < 4.78 is 55.4. The van der Waals surface area contributed by atoms with Crippen LogP contribution in [0.5, 0.6) is 0 Å². The highest BCUT2D eigenvalue weighted by Crippen LogP contribution is 2.48. The Hall–Kier alpha value is -3.23. The van der Waals surface area contributed by atoms with Crippen molar-refractivity contribution in [2.75, 3.05) is 16.8 Å². The molecule has 0 aromatic heterocycles. The number of thiocarbonyl (C=S) groups is 1. The maximum atomic E-state index is 14.8. The smallest absolute Gasteiger partial charge is 0.371 e. The minimum Gasteiger partial charge on any atom is -0.371 e. The summed E-state index contributed by atoms with van der Waals surface area (Å²) in [7, 11) is 1.37. The number of nitriles is 1. The first-order chi connectivity index (χ1) is 16.0. The van der Waals surface area contributed by atoms with Gasteiger partial charge >= 0.3 is 6.18 Å². The molecule has 1 amide bonds. The van der Waals surface area contributed by atoms with E-state index in [1.807, 2.05) is 0 Å². The molecule has 1 saturated heterocycles. The summed E-state index contributed by atoms with van der Waals surface area (Å²) in [4.78, 5) is 14.7. The van der Waals surface area contributed by atoms with Crippen LogP contribution in [0.2, 0.25) is 0 Å². The summed E-state index contributed by atoms with van der Waals surface area (Å²) in [6, 6.07) is 8.58. The second kappa shape index (κ2) is 8.52. The van der Waals surface area contributed by atoms with Crippen LogP contribution >= 0.6 is 12.2 Å². The van der Waals surface area contributed by atoms with Gasteiger partial charge in [0.15, 0.2) is 11.3 Å². The van der Waals surface area contributed by atoms with Gasteiger partial charge in [0, 0.05) is 18.4 Å². The van der Waals surface area contributed by atoms with E-state index in [2.05, 4.69) is 5.32 Å². The zero-order valence-corrected chi connectivity index (χ0v) is 18.8. The predicted molar refractivity (Wildman–Crippen MR) is 121 cm³/mol. The van der Waals surface area contributed by atoms with Gasteiger partial charge in [0.25, 0.3) is 5.91 Å². The summed E-state index contributed by atoms with van der Waals surface area (Å²) in [6.07, 6.45) is -3.65. The Morgan fingerprint density at radius 2 is 1.85 bits per heavy atom. The number of carbonyl (C=O) groups is 1. The number of aliphatic hydroxyl groups excluding tert-OH is 1. The number of carbonyl (C=O) groups excluding carboxylic acids is 1. The molecule has 1 spiro atoms. The van der Waals surface area contributed by atoms with E-state index in [9.17, 15) is 27.5 Å². The van der Waals surface area contributed by atoms with Crippen LogP contribution in [0.15, 0.2) is 36.4 Å². The van der Waals surface area contributed by atoms with Crippen LogP contribution in [0.1, 0.15) is 47.2 Å². The number of rotatable bonds is 3. The van der Waals surface area contributed by atoms with Crippen molar-refractivity contribution in [2.45, 2.75) is 43.6 Å². The van der Waals surface area contributed by atoms with Crippen molar-refractivity contribution in [1.29, 1.82) is 5.26 Å². The molecule has 2 fully saturated rings. The highest BCUT2D eigenvalue weighted by Gasteiger charge is 2.57. The highest BCUT2D eigenvalue weighted by atomic mass is 32.1. The van der Waals surface area contributed by atoms with E-state index >= 15 is 0 Å². The van der Waals surface area contributed by atoms with Gasteiger partial charge in [0.2, 0.25) is 0 Å². The van der Waals surface area contributed by atoms with E-state index < -0.39 is 40.8 Å². The number of nitrogens with zero attached hydrogens (tertiary/aromatic N) is 3. The molecule has 1 aliphatic carbocycles. The third-order valence-corrected chi connectivity index (χ3v) is 6.81. The average molecular weight is 492 g/mol. The van der Waals surface area contributed by atoms with Crippen LogP contribution in [-0.4, -0.2) is 34.9 Å². The molecule has 2 N–H and O–H groups in total. The lowest BCUT2D eigenvalue weighted by atomic mass is 9.93. The topological polar surface area (TPSA) is 79.6 Å². The summed E-state index contributed by atoms with van der Waals surface area (Å²) >= 11 is 5.60. The van der Waals surface area contributed by atoms with Crippen LogP contribution < -0.4 is 15.1 Å². The second-order valence-electron chi connectivity index (χ2n) is 8.26. The van der Waals surface area contributed by atoms with Crippen LogP contribution in [-0.2, 0) is 6.18 Å². The highest BCUT2D eigenvalue weighted by molar-refractivity contribution is 7.80. The summed E-state index contributed by atoms with van der Waals surface area (Å²) in [5.41, 5.74) is -2.58. The molecule has 6 nitrogen and oxygen atoms in total. The third kappa shape index (κ3) is 3.67. The zero-order valence-electron chi connectivity index (χ0n) is 18.0. The number of amides is 1. The van der Waals surface area contributed by atoms with Crippen molar-refractivity contribution in [1.82, 2.24) is 5.32 Å². The molecule has 2 aromatic carbocycles. The number of hydrogen-bond donors (Lipinski definition) is 2. The molecule has 178 valence electrons. The summed E-state index contributed by atoms with van der Waals surface area (Å²) in [5, 5.41) is 22.8. The SMILES string of the molecule is CNC(=O)c1ccc(N2C(=S)N(c3ccc(C#N)c(C(F)(F)F)c3)[C@H](O)C23CCCC3)cc1F. The Bertz CT molecular complexity index is 1200. The summed E-state index contributed by atoms with van der Waals surface area (Å²) in [6.45, 7) is 0. The lowest BCUT2D eigenvalue weighted by Gasteiger charge is -2.36.